The average molecular weight is 179 g/mol. The molecule has 1 rings (SSSR count). The van der Waals surface area contributed by atoms with Gasteiger partial charge in [0.15, 0.2) is 0 Å². The van der Waals surface area contributed by atoms with Crippen LogP contribution in [0, 0.1) is 11.8 Å². The number of aliphatic hydroxyl groups excluding tert-OH is 1. The summed E-state index contributed by atoms with van der Waals surface area (Å²) in [5.41, 5.74) is 0. The quantitative estimate of drug-likeness (QED) is 0.673. The molecule has 0 spiro atoms. The smallest absolute Gasteiger partial charge is 0.245 e. The maximum absolute atomic E-state index is 12.6. The van der Waals surface area contributed by atoms with Crippen LogP contribution < -0.4 is 5.32 Å². The van der Waals surface area contributed by atoms with E-state index in [0.717, 1.165) is 6.92 Å². The number of alkyl halides is 2. The van der Waals surface area contributed by atoms with Gasteiger partial charge in [0.25, 0.3) is 0 Å². The van der Waals surface area contributed by atoms with Gasteiger partial charge in [0.2, 0.25) is 5.92 Å². The second-order valence-electron chi connectivity index (χ2n) is 3.64. The topological polar surface area (TPSA) is 32.3 Å². The number of rotatable bonds is 3. The molecule has 0 aromatic carbocycles. The second kappa shape index (κ2) is 3.66. The molecule has 12 heavy (non-hydrogen) atoms. The van der Waals surface area contributed by atoms with E-state index in [-0.39, 0.29) is 24.9 Å². The van der Waals surface area contributed by atoms with E-state index in [4.69, 9.17) is 5.11 Å². The number of hydrogen-bond donors (Lipinski definition) is 2. The molecule has 1 aliphatic rings. The van der Waals surface area contributed by atoms with E-state index in [2.05, 4.69) is 5.32 Å². The lowest BCUT2D eigenvalue weighted by Gasteiger charge is -2.19. The summed E-state index contributed by atoms with van der Waals surface area (Å²) in [6.45, 7) is 2.21. The normalized spacial score (nSPS) is 31.0. The standard InChI is InChI=1S/C8H15F2NO/c1-8(9,10)2-6-3-11-4-7(6)5-12/h6-7,11-12H,2-5H2,1H3. The molecule has 2 atom stereocenters. The Morgan fingerprint density at radius 3 is 2.50 bits per heavy atom. The lowest BCUT2D eigenvalue weighted by atomic mass is 9.91. The summed E-state index contributed by atoms with van der Waals surface area (Å²) in [6.07, 6.45) is -0.120. The van der Waals surface area contributed by atoms with Crippen LogP contribution >= 0.6 is 0 Å². The Morgan fingerprint density at radius 1 is 1.42 bits per heavy atom. The zero-order valence-corrected chi connectivity index (χ0v) is 7.19. The Balaban J connectivity index is 2.41. The van der Waals surface area contributed by atoms with Gasteiger partial charge in [-0.25, -0.2) is 8.78 Å². The molecule has 1 heterocycles. The van der Waals surface area contributed by atoms with E-state index >= 15 is 0 Å². The molecular weight excluding hydrogens is 164 g/mol. The predicted octanol–water partition coefficient (Wildman–Crippen LogP) is 0.860. The molecule has 2 unspecified atom stereocenters. The lowest BCUT2D eigenvalue weighted by Crippen LogP contribution is -2.24. The van der Waals surface area contributed by atoms with Crippen LogP contribution in [0.4, 0.5) is 8.78 Å². The van der Waals surface area contributed by atoms with E-state index < -0.39 is 5.92 Å². The molecule has 0 saturated carbocycles. The van der Waals surface area contributed by atoms with Gasteiger partial charge < -0.3 is 10.4 Å². The minimum absolute atomic E-state index is 0.00769. The molecule has 1 aliphatic heterocycles. The van der Waals surface area contributed by atoms with E-state index in [0.29, 0.717) is 13.1 Å². The van der Waals surface area contributed by atoms with Crippen molar-refractivity contribution in [1.82, 2.24) is 5.32 Å². The van der Waals surface area contributed by atoms with Crippen molar-refractivity contribution in [3.63, 3.8) is 0 Å². The molecule has 0 aliphatic carbocycles. The van der Waals surface area contributed by atoms with Crippen LogP contribution in [0.2, 0.25) is 0 Å². The molecule has 1 saturated heterocycles. The van der Waals surface area contributed by atoms with Crippen LogP contribution in [0.3, 0.4) is 0 Å². The van der Waals surface area contributed by atoms with Crippen molar-refractivity contribution in [2.45, 2.75) is 19.3 Å². The number of aliphatic hydroxyl groups is 1. The van der Waals surface area contributed by atoms with Crippen molar-refractivity contribution in [2.24, 2.45) is 11.8 Å². The first kappa shape index (κ1) is 9.86. The minimum Gasteiger partial charge on any atom is -0.396 e. The van der Waals surface area contributed by atoms with Gasteiger partial charge in [0, 0.05) is 19.6 Å². The third kappa shape index (κ3) is 2.68. The van der Waals surface area contributed by atoms with Gasteiger partial charge in [-0.15, -0.1) is 0 Å². The van der Waals surface area contributed by atoms with Gasteiger partial charge in [-0.05, 0) is 25.3 Å². The maximum Gasteiger partial charge on any atom is 0.245 e. The first-order valence-corrected chi connectivity index (χ1v) is 4.22. The van der Waals surface area contributed by atoms with Crippen molar-refractivity contribution in [2.75, 3.05) is 19.7 Å². The van der Waals surface area contributed by atoms with Gasteiger partial charge in [0.1, 0.15) is 0 Å². The summed E-state index contributed by atoms with van der Waals surface area (Å²) in [6, 6.07) is 0. The third-order valence-corrected chi connectivity index (χ3v) is 2.33. The Bertz CT molecular complexity index is 146. The molecule has 0 aromatic heterocycles. The zero-order valence-electron chi connectivity index (χ0n) is 7.19. The SMILES string of the molecule is CC(F)(F)CC1CNCC1CO. The molecule has 0 amide bonds. The fourth-order valence-corrected chi connectivity index (χ4v) is 1.70. The Labute approximate surface area is 71.0 Å². The van der Waals surface area contributed by atoms with Crippen LogP contribution in [0.25, 0.3) is 0 Å². The average Bonchev–Trinajstić information content (AvgIpc) is 2.31. The summed E-state index contributed by atoms with van der Waals surface area (Å²) >= 11 is 0. The van der Waals surface area contributed by atoms with Gasteiger partial charge in [0.05, 0.1) is 0 Å². The van der Waals surface area contributed by atoms with Gasteiger partial charge in [-0.3, -0.25) is 0 Å². The third-order valence-electron chi connectivity index (χ3n) is 2.33. The molecule has 0 bridgehead atoms. The highest BCUT2D eigenvalue weighted by molar-refractivity contribution is 4.83. The molecule has 2 N–H and O–H groups in total. The van der Waals surface area contributed by atoms with Crippen LogP contribution in [0.5, 0.6) is 0 Å². The molecule has 72 valence electrons. The monoisotopic (exact) mass is 179 g/mol. The molecule has 2 nitrogen and oxygen atoms in total. The van der Waals surface area contributed by atoms with Gasteiger partial charge >= 0.3 is 0 Å². The maximum atomic E-state index is 12.6. The van der Waals surface area contributed by atoms with Crippen LogP contribution in [0.1, 0.15) is 13.3 Å². The van der Waals surface area contributed by atoms with Crippen molar-refractivity contribution in [1.29, 1.82) is 0 Å². The molecule has 0 aromatic rings. The van der Waals surface area contributed by atoms with E-state index in [1.165, 1.54) is 0 Å². The molecule has 1 fully saturated rings. The van der Waals surface area contributed by atoms with Crippen molar-refractivity contribution in [3.8, 4) is 0 Å². The summed E-state index contributed by atoms with van der Waals surface area (Å²) in [4.78, 5) is 0. The van der Waals surface area contributed by atoms with E-state index in [1.807, 2.05) is 0 Å². The largest absolute Gasteiger partial charge is 0.396 e. The number of hydrogen-bond acceptors (Lipinski definition) is 2. The van der Waals surface area contributed by atoms with Gasteiger partial charge in [-0.2, -0.15) is 0 Å². The van der Waals surface area contributed by atoms with Crippen LogP contribution in [-0.2, 0) is 0 Å². The number of nitrogens with one attached hydrogen (secondary N) is 1. The van der Waals surface area contributed by atoms with Crippen molar-refractivity contribution in [3.05, 3.63) is 0 Å². The predicted molar refractivity (Wildman–Crippen MR) is 42.2 cm³/mol. The zero-order chi connectivity index (χ0) is 9.19. The first-order chi connectivity index (χ1) is 5.53. The summed E-state index contributed by atoms with van der Waals surface area (Å²) in [5, 5.41) is 11.9. The highest BCUT2D eigenvalue weighted by Crippen LogP contribution is 2.29. The lowest BCUT2D eigenvalue weighted by molar-refractivity contribution is -0.00981. The highest BCUT2D eigenvalue weighted by atomic mass is 19.3. The first-order valence-electron chi connectivity index (χ1n) is 4.22. The van der Waals surface area contributed by atoms with E-state index in [1.54, 1.807) is 0 Å². The molecule has 4 heteroatoms. The fraction of sp³-hybridized carbons (Fsp3) is 1.00. The van der Waals surface area contributed by atoms with Crippen LogP contribution in [0.15, 0.2) is 0 Å². The van der Waals surface area contributed by atoms with Crippen molar-refractivity contribution >= 4 is 0 Å². The molecular formula is C8H15F2NO. The Kier molecular flexibility index (Phi) is 3.01. The van der Waals surface area contributed by atoms with Gasteiger partial charge in [-0.1, -0.05) is 0 Å². The number of halogens is 2. The molecule has 0 radical (unpaired) electrons. The Morgan fingerprint density at radius 2 is 2.00 bits per heavy atom. The summed E-state index contributed by atoms with van der Waals surface area (Å²) in [5.74, 6) is -2.67. The Hall–Kier alpha value is -0.220. The fourth-order valence-electron chi connectivity index (χ4n) is 1.70. The van der Waals surface area contributed by atoms with E-state index in [9.17, 15) is 8.78 Å². The summed E-state index contributed by atoms with van der Waals surface area (Å²) in [7, 11) is 0. The van der Waals surface area contributed by atoms with Crippen molar-refractivity contribution < 1.29 is 13.9 Å². The highest BCUT2D eigenvalue weighted by Gasteiger charge is 2.34. The van der Waals surface area contributed by atoms with Crippen LogP contribution in [-0.4, -0.2) is 30.7 Å². The minimum atomic E-state index is -2.61. The second-order valence-corrected chi connectivity index (χ2v) is 3.64. The summed E-state index contributed by atoms with van der Waals surface area (Å²) < 4.78 is 25.1.